The molecule has 0 aromatic heterocycles. The summed E-state index contributed by atoms with van der Waals surface area (Å²) in [5.74, 6) is 0.828. The molecule has 1 fully saturated rings. The number of thiocarbonyl (C=S) groups is 1. The van der Waals surface area contributed by atoms with E-state index < -0.39 is 0 Å². The molecule has 0 amide bonds. The molecule has 0 saturated heterocycles. The third kappa shape index (κ3) is 5.83. The van der Waals surface area contributed by atoms with Crippen LogP contribution in [-0.4, -0.2) is 17.3 Å². The fraction of sp³-hybridized carbons (Fsp3) is 0.348. The predicted molar refractivity (Wildman–Crippen MR) is 117 cm³/mol. The van der Waals surface area contributed by atoms with Gasteiger partial charge in [0.05, 0.1) is 0 Å². The Bertz CT molecular complexity index is 737. The van der Waals surface area contributed by atoms with Gasteiger partial charge in [0, 0.05) is 11.2 Å². The van der Waals surface area contributed by atoms with Crippen LogP contribution in [0.1, 0.15) is 37.7 Å². The molecule has 1 aliphatic carbocycles. The molecule has 3 nitrogen and oxygen atoms in total. The summed E-state index contributed by atoms with van der Waals surface area (Å²) in [6, 6.07) is 18.5. The van der Waals surface area contributed by atoms with Gasteiger partial charge in [0.15, 0.2) is 5.11 Å². The van der Waals surface area contributed by atoms with Crippen LogP contribution in [0.25, 0.3) is 0 Å². The van der Waals surface area contributed by atoms with E-state index >= 15 is 0 Å². The van der Waals surface area contributed by atoms with Crippen molar-refractivity contribution in [3.63, 3.8) is 0 Å². The number of hydrogen-bond donors (Lipinski definition) is 2. The van der Waals surface area contributed by atoms with Crippen molar-refractivity contribution in [2.45, 2.75) is 44.1 Å². The lowest BCUT2D eigenvalue weighted by molar-refractivity contribution is 0.362. The normalized spacial score (nSPS) is 15.1. The second-order valence-electron chi connectivity index (χ2n) is 7.18. The van der Waals surface area contributed by atoms with Crippen LogP contribution in [0.4, 0.5) is 5.69 Å². The molecule has 3 rings (SSSR count). The number of hydrogen-bond acceptors (Lipinski definition) is 2. The molecule has 142 valence electrons. The predicted octanol–water partition coefficient (Wildman–Crippen LogP) is 5.48. The minimum Gasteiger partial charge on any atom is -0.490 e. The van der Waals surface area contributed by atoms with E-state index in [2.05, 4.69) is 47.5 Å². The second kappa shape index (κ2) is 9.56. The number of ether oxygens (including phenoxy) is 1. The lowest BCUT2D eigenvalue weighted by atomic mass is 9.89. The van der Waals surface area contributed by atoms with Crippen LogP contribution in [0, 0.1) is 0 Å². The lowest BCUT2D eigenvalue weighted by Gasteiger charge is -2.32. The molecule has 2 N–H and O–H groups in total. The second-order valence-corrected chi connectivity index (χ2v) is 7.58. The van der Waals surface area contributed by atoms with Gasteiger partial charge >= 0.3 is 0 Å². The topological polar surface area (TPSA) is 33.3 Å². The zero-order valence-corrected chi connectivity index (χ0v) is 16.6. The summed E-state index contributed by atoms with van der Waals surface area (Å²) in [6.45, 7) is 4.17. The number of anilines is 1. The summed E-state index contributed by atoms with van der Waals surface area (Å²) in [7, 11) is 0. The molecule has 2 aromatic carbocycles. The molecule has 0 heterocycles. The zero-order chi connectivity index (χ0) is 19.0. The SMILES string of the molecule is C=CCOc1ccc(NC(=S)NC2(CCc3ccccc3)CCCC2)cc1. The maximum atomic E-state index is 5.61. The molecule has 4 heteroatoms. The van der Waals surface area contributed by atoms with E-state index in [1.807, 2.05) is 24.3 Å². The maximum Gasteiger partial charge on any atom is 0.171 e. The van der Waals surface area contributed by atoms with Crippen molar-refractivity contribution < 1.29 is 4.74 Å². The van der Waals surface area contributed by atoms with Crippen molar-refractivity contribution in [2.24, 2.45) is 0 Å². The van der Waals surface area contributed by atoms with E-state index in [1.165, 1.54) is 31.2 Å². The summed E-state index contributed by atoms with van der Waals surface area (Å²) < 4.78 is 5.52. The van der Waals surface area contributed by atoms with Gasteiger partial charge in [0.25, 0.3) is 0 Å². The molecule has 0 radical (unpaired) electrons. The highest BCUT2D eigenvalue weighted by Crippen LogP contribution is 2.34. The first-order chi connectivity index (χ1) is 13.2. The first-order valence-electron chi connectivity index (χ1n) is 9.66. The standard InChI is InChI=1S/C23H28N2OS/c1-2-18-26-21-12-10-20(11-13-21)24-22(27)25-23(15-6-7-16-23)17-14-19-8-4-3-5-9-19/h2-5,8-13H,1,6-7,14-18H2,(H2,24,25,27). The third-order valence-corrected chi connectivity index (χ3v) is 5.36. The minimum absolute atomic E-state index is 0.104. The van der Waals surface area contributed by atoms with Gasteiger partial charge in [-0.15, -0.1) is 0 Å². The fourth-order valence-corrected chi connectivity index (χ4v) is 4.04. The third-order valence-electron chi connectivity index (χ3n) is 5.15. The molecule has 0 atom stereocenters. The Morgan fingerprint density at radius 1 is 1.07 bits per heavy atom. The Hall–Kier alpha value is -2.33. The largest absolute Gasteiger partial charge is 0.490 e. The smallest absolute Gasteiger partial charge is 0.171 e. The number of aryl methyl sites for hydroxylation is 1. The summed E-state index contributed by atoms with van der Waals surface area (Å²) in [6.07, 6.45) is 8.80. The van der Waals surface area contributed by atoms with Crippen LogP contribution < -0.4 is 15.4 Å². The molecular weight excluding hydrogens is 352 g/mol. The molecule has 1 saturated carbocycles. The number of benzene rings is 2. The molecule has 2 aromatic rings. The Kier molecular flexibility index (Phi) is 6.88. The van der Waals surface area contributed by atoms with E-state index in [9.17, 15) is 0 Å². The average molecular weight is 381 g/mol. The van der Waals surface area contributed by atoms with Crippen LogP contribution in [0.3, 0.4) is 0 Å². The minimum atomic E-state index is 0.104. The lowest BCUT2D eigenvalue weighted by Crippen LogP contribution is -2.48. The maximum absolute atomic E-state index is 5.61. The fourth-order valence-electron chi connectivity index (χ4n) is 3.71. The first-order valence-corrected chi connectivity index (χ1v) is 10.1. The quantitative estimate of drug-likeness (QED) is 0.469. The Balaban J connectivity index is 1.56. The Morgan fingerprint density at radius 3 is 2.44 bits per heavy atom. The van der Waals surface area contributed by atoms with E-state index in [-0.39, 0.29) is 5.54 Å². The van der Waals surface area contributed by atoms with Crippen molar-refractivity contribution in [1.82, 2.24) is 5.32 Å². The van der Waals surface area contributed by atoms with Crippen LogP contribution in [0.5, 0.6) is 5.75 Å². The summed E-state index contributed by atoms with van der Waals surface area (Å²) >= 11 is 5.61. The molecular formula is C23H28N2OS. The van der Waals surface area contributed by atoms with Gasteiger partial charge < -0.3 is 15.4 Å². The van der Waals surface area contributed by atoms with E-state index in [4.69, 9.17) is 17.0 Å². The van der Waals surface area contributed by atoms with Crippen molar-refractivity contribution >= 4 is 23.0 Å². The molecule has 0 unspecified atom stereocenters. The van der Waals surface area contributed by atoms with Crippen LogP contribution in [0.2, 0.25) is 0 Å². The molecule has 0 aliphatic heterocycles. The van der Waals surface area contributed by atoms with Gasteiger partial charge in [-0.2, -0.15) is 0 Å². The molecule has 0 bridgehead atoms. The van der Waals surface area contributed by atoms with E-state index in [0.29, 0.717) is 11.7 Å². The highest BCUT2D eigenvalue weighted by molar-refractivity contribution is 7.80. The summed E-state index contributed by atoms with van der Waals surface area (Å²) in [4.78, 5) is 0. The van der Waals surface area contributed by atoms with Crippen molar-refractivity contribution in [3.05, 3.63) is 72.8 Å². The average Bonchev–Trinajstić information content (AvgIpc) is 3.15. The van der Waals surface area contributed by atoms with Crippen molar-refractivity contribution in [3.8, 4) is 5.75 Å². The highest BCUT2D eigenvalue weighted by Gasteiger charge is 2.33. The van der Waals surface area contributed by atoms with Gasteiger partial charge in [-0.1, -0.05) is 55.8 Å². The van der Waals surface area contributed by atoms with Gasteiger partial charge in [-0.3, -0.25) is 0 Å². The molecule has 0 spiro atoms. The monoisotopic (exact) mass is 380 g/mol. The first kappa shape index (κ1) is 19.4. The summed E-state index contributed by atoms with van der Waals surface area (Å²) in [5, 5.41) is 7.65. The number of rotatable bonds is 8. The Morgan fingerprint density at radius 2 is 1.78 bits per heavy atom. The van der Waals surface area contributed by atoms with Gasteiger partial charge in [-0.25, -0.2) is 0 Å². The van der Waals surface area contributed by atoms with E-state index in [1.54, 1.807) is 6.08 Å². The van der Waals surface area contributed by atoms with Gasteiger partial charge in [0.1, 0.15) is 12.4 Å². The number of nitrogens with one attached hydrogen (secondary N) is 2. The molecule has 27 heavy (non-hydrogen) atoms. The van der Waals surface area contributed by atoms with E-state index in [0.717, 1.165) is 24.3 Å². The van der Waals surface area contributed by atoms with Crippen LogP contribution >= 0.6 is 12.2 Å². The van der Waals surface area contributed by atoms with Crippen LogP contribution in [0.15, 0.2) is 67.3 Å². The highest BCUT2D eigenvalue weighted by atomic mass is 32.1. The van der Waals surface area contributed by atoms with Crippen molar-refractivity contribution in [2.75, 3.05) is 11.9 Å². The zero-order valence-electron chi connectivity index (χ0n) is 15.7. The van der Waals surface area contributed by atoms with Gasteiger partial charge in [-0.05, 0) is 67.7 Å². The Labute approximate surface area is 167 Å². The van der Waals surface area contributed by atoms with Crippen LogP contribution in [-0.2, 0) is 6.42 Å². The molecule has 1 aliphatic rings. The van der Waals surface area contributed by atoms with Gasteiger partial charge in [0.2, 0.25) is 0 Å². The van der Waals surface area contributed by atoms with Crippen molar-refractivity contribution in [1.29, 1.82) is 0 Å². The summed E-state index contributed by atoms with van der Waals surface area (Å²) in [5.41, 5.74) is 2.46.